The van der Waals surface area contributed by atoms with Gasteiger partial charge in [0.2, 0.25) is 5.13 Å². The second-order valence-electron chi connectivity index (χ2n) is 3.52. The maximum atomic E-state index is 4.24. The number of aryl methyl sites for hydroxylation is 2. The van der Waals surface area contributed by atoms with Crippen LogP contribution in [0, 0.1) is 6.92 Å². The SMILES string of the molecule is CCc1nnc(NCc2ccc(C)nc2)s1. The van der Waals surface area contributed by atoms with E-state index in [1.807, 2.05) is 19.2 Å². The van der Waals surface area contributed by atoms with E-state index in [0.29, 0.717) is 0 Å². The van der Waals surface area contributed by atoms with Gasteiger partial charge in [0, 0.05) is 18.4 Å². The molecule has 0 amide bonds. The lowest BCUT2D eigenvalue weighted by Crippen LogP contribution is -1.99. The molecule has 0 fully saturated rings. The van der Waals surface area contributed by atoms with Gasteiger partial charge in [0.15, 0.2) is 0 Å². The van der Waals surface area contributed by atoms with Crippen molar-refractivity contribution in [2.75, 3.05) is 5.32 Å². The fourth-order valence-corrected chi connectivity index (χ4v) is 1.92. The van der Waals surface area contributed by atoms with E-state index in [4.69, 9.17) is 0 Å². The van der Waals surface area contributed by atoms with Crippen LogP contribution in [0.2, 0.25) is 0 Å². The lowest BCUT2D eigenvalue weighted by molar-refractivity contribution is 0.973. The molecule has 0 aromatic carbocycles. The molecular weight excluding hydrogens is 220 g/mol. The number of hydrogen-bond acceptors (Lipinski definition) is 5. The van der Waals surface area contributed by atoms with Crippen molar-refractivity contribution in [3.63, 3.8) is 0 Å². The lowest BCUT2D eigenvalue weighted by atomic mass is 10.2. The molecular formula is C11H14N4S. The van der Waals surface area contributed by atoms with Crippen LogP contribution in [0.1, 0.15) is 23.2 Å². The second-order valence-corrected chi connectivity index (χ2v) is 4.58. The van der Waals surface area contributed by atoms with Crippen LogP contribution in [0.5, 0.6) is 0 Å². The average Bonchev–Trinajstić information content (AvgIpc) is 2.76. The van der Waals surface area contributed by atoms with Gasteiger partial charge in [0.1, 0.15) is 5.01 Å². The van der Waals surface area contributed by atoms with E-state index in [0.717, 1.165) is 34.4 Å². The van der Waals surface area contributed by atoms with E-state index in [2.05, 4.69) is 33.5 Å². The van der Waals surface area contributed by atoms with Crippen molar-refractivity contribution in [2.45, 2.75) is 26.8 Å². The van der Waals surface area contributed by atoms with E-state index < -0.39 is 0 Å². The fourth-order valence-electron chi connectivity index (χ4n) is 1.25. The van der Waals surface area contributed by atoms with Crippen molar-refractivity contribution in [3.8, 4) is 0 Å². The predicted molar refractivity (Wildman–Crippen MR) is 65.6 cm³/mol. The third-order valence-corrected chi connectivity index (χ3v) is 3.21. The highest BCUT2D eigenvalue weighted by atomic mass is 32.1. The van der Waals surface area contributed by atoms with Crippen LogP contribution < -0.4 is 5.32 Å². The third-order valence-electron chi connectivity index (χ3n) is 2.19. The fraction of sp³-hybridized carbons (Fsp3) is 0.364. The summed E-state index contributed by atoms with van der Waals surface area (Å²) >= 11 is 1.60. The molecule has 0 saturated heterocycles. The number of nitrogens with zero attached hydrogens (tertiary/aromatic N) is 3. The molecule has 4 nitrogen and oxygen atoms in total. The van der Waals surface area contributed by atoms with Crippen molar-refractivity contribution in [1.29, 1.82) is 0 Å². The van der Waals surface area contributed by atoms with Crippen LogP contribution in [0.4, 0.5) is 5.13 Å². The number of aromatic nitrogens is 3. The first-order valence-electron chi connectivity index (χ1n) is 5.25. The van der Waals surface area contributed by atoms with E-state index in [9.17, 15) is 0 Å². The minimum absolute atomic E-state index is 0.742. The van der Waals surface area contributed by atoms with Crippen molar-refractivity contribution in [2.24, 2.45) is 0 Å². The van der Waals surface area contributed by atoms with Gasteiger partial charge in [0.05, 0.1) is 0 Å². The van der Waals surface area contributed by atoms with Crippen molar-refractivity contribution in [1.82, 2.24) is 15.2 Å². The number of anilines is 1. The van der Waals surface area contributed by atoms with Crippen LogP contribution in [0.25, 0.3) is 0 Å². The molecule has 84 valence electrons. The van der Waals surface area contributed by atoms with Gasteiger partial charge in [-0.15, -0.1) is 10.2 Å². The molecule has 0 radical (unpaired) electrons. The van der Waals surface area contributed by atoms with Crippen LogP contribution in [0.15, 0.2) is 18.3 Å². The van der Waals surface area contributed by atoms with E-state index in [1.54, 1.807) is 11.3 Å². The molecule has 2 aromatic rings. The Hall–Kier alpha value is -1.49. The Morgan fingerprint density at radius 3 is 2.81 bits per heavy atom. The zero-order chi connectivity index (χ0) is 11.4. The Morgan fingerprint density at radius 2 is 2.19 bits per heavy atom. The first-order chi connectivity index (χ1) is 7.78. The van der Waals surface area contributed by atoms with Gasteiger partial charge in [-0.25, -0.2) is 0 Å². The summed E-state index contributed by atoms with van der Waals surface area (Å²) in [6.07, 6.45) is 2.82. The van der Waals surface area contributed by atoms with Crippen molar-refractivity contribution >= 4 is 16.5 Å². The standard InChI is InChI=1S/C11H14N4S/c1-3-10-14-15-11(16-10)13-7-9-5-4-8(2)12-6-9/h4-6H,3,7H2,1-2H3,(H,13,15). The topological polar surface area (TPSA) is 50.7 Å². The summed E-state index contributed by atoms with van der Waals surface area (Å²) < 4.78 is 0. The largest absolute Gasteiger partial charge is 0.356 e. The molecule has 2 aromatic heterocycles. The number of pyridine rings is 1. The third kappa shape index (κ3) is 2.76. The van der Waals surface area contributed by atoms with Gasteiger partial charge in [0.25, 0.3) is 0 Å². The molecule has 0 aliphatic rings. The summed E-state index contributed by atoms with van der Waals surface area (Å²) in [5, 5.41) is 13.3. The molecule has 1 N–H and O–H groups in total. The van der Waals surface area contributed by atoms with Gasteiger partial charge >= 0.3 is 0 Å². The summed E-state index contributed by atoms with van der Waals surface area (Å²) in [5.41, 5.74) is 2.19. The highest BCUT2D eigenvalue weighted by Gasteiger charge is 2.01. The van der Waals surface area contributed by atoms with E-state index in [1.165, 1.54) is 0 Å². The Labute approximate surface area is 98.8 Å². The molecule has 0 atom stereocenters. The molecule has 2 rings (SSSR count). The van der Waals surface area contributed by atoms with Crippen LogP contribution in [-0.2, 0) is 13.0 Å². The highest BCUT2D eigenvalue weighted by Crippen LogP contribution is 2.16. The second kappa shape index (κ2) is 5.03. The first kappa shape index (κ1) is 11.0. The summed E-state index contributed by atoms with van der Waals surface area (Å²) in [6, 6.07) is 4.08. The monoisotopic (exact) mass is 234 g/mol. The van der Waals surface area contributed by atoms with Gasteiger partial charge in [-0.2, -0.15) is 0 Å². The molecule has 16 heavy (non-hydrogen) atoms. The van der Waals surface area contributed by atoms with E-state index in [-0.39, 0.29) is 0 Å². The molecule has 5 heteroatoms. The Balaban J connectivity index is 1.94. The van der Waals surface area contributed by atoms with Gasteiger partial charge in [-0.1, -0.05) is 24.3 Å². The predicted octanol–water partition coefficient (Wildman–Crippen LogP) is 2.42. The number of nitrogens with one attached hydrogen (secondary N) is 1. The maximum absolute atomic E-state index is 4.24. The summed E-state index contributed by atoms with van der Waals surface area (Å²) in [5.74, 6) is 0. The summed E-state index contributed by atoms with van der Waals surface area (Å²) in [6.45, 7) is 4.80. The molecule has 0 aliphatic heterocycles. The number of hydrogen-bond donors (Lipinski definition) is 1. The smallest absolute Gasteiger partial charge is 0.205 e. The average molecular weight is 234 g/mol. The van der Waals surface area contributed by atoms with Crippen LogP contribution >= 0.6 is 11.3 Å². The Kier molecular flexibility index (Phi) is 3.46. The summed E-state index contributed by atoms with van der Waals surface area (Å²) in [7, 11) is 0. The van der Waals surface area contributed by atoms with Crippen LogP contribution in [0.3, 0.4) is 0 Å². The normalized spacial score (nSPS) is 10.4. The van der Waals surface area contributed by atoms with Gasteiger partial charge < -0.3 is 5.32 Å². The van der Waals surface area contributed by atoms with Crippen molar-refractivity contribution in [3.05, 3.63) is 34.6 Å². The van der Waals surface area contributed by atoms with Crippen LogP contribution in [-0.4, -0.2) is 15.2 Å². The quantitative estimate of drug-likeness (QED) is 0.882. The van der Waals surface area contributed by atoms with Gasteiger partial charge in [-0.3, -0.25) is 4.98 Å². The zero-order valence-corrected chi connectivity index (χ0v) is 10.2. The molecule has 0 unspecified atom stereocenters. The molecule has 0 saturated carbocycles. The minimum Gasteiger partial charge on any atom is -0.356 e. The molecule has 0 aliphatic carbocycles. The lowest BCUT2D eigenvalue weighted by Gasteiger charge is -2.01. The molecule has 0 bridgehead atoms. The number of rotatable bonds is 4. The highest BCUT2D eigenvalue weighted by molar-refractivity contribution is 7.15. The molecule has 2 heterocycles. The Morgan fingerprint density at radius 1 is 1.31 bits per heavy atom. The minimum atomic E-state index is 0.742. The van der Waals surface area contributed by atoms with Gasteiger partial charge in [-0.05, 0) is 25.0 Å². The summed E-state index contributed by atoms with van der Waals surface area (Å²) in [4.78, 5) is 4.24. The first-order valence-corrected chi connectivity index (χ1v) is 6.07. The van der Waals surface area contributed by atoms with E-state index >= 15 is 0 Å². The molecule has 0 spiro atoms. The Bertz CT molecular complexity index is 449. The maximum Gasteiger partial charge on any atom is 0.205 e. The zero-order valence-electron chi connectivity index (χ0n) is 9.40. The van der Waals surface area contributed by atoms with Crippen molar-refractivity contribution < 1.29 is 0 Å².